The number of halogens is 1. The van der Waals surface area contributed by atoms with Gasteiger partial charge in [-0.2, -0.15) is 0 Å². The third-order valence-corrected chi connectivity index (χ3v) is 6.84. The molecule has 7 heteroatoms. The number of rotatable bonds is 12. The van der Waals surface area contributed by atoms with E-state index in [1.807, 2.05) is 92.7 Å². The van der Waals surface area contributed by atoms with E-state index in [1.54, 1.807) is 12.0 Å². The first-order chi connectivity index (χ1) is 17.4. The SMILES string of the molecule is COc1cccc(CN(C(=O)CSCc2ccc(Cl)cc2)[C@H](Cc2ccccc2)C(=O)NC(C)C)c1. The molecule has 0 spiro atoms. The highest BCUT2D eigenvalue weighted by Gasteiger charge is 2.30. The first-order valence-corrected chi connectivity index (χ1v) is 13.5. The van der Waals surface area contributed by atoms with Gasteiger partial charge in [0.2, 0.25) is 11.8 Å². The van der Waals surface area contributed by atoms with Gasteiger partial charge in [-0.3, -0.25) is 9.59 Å². The summed E-state index contributed by atoms with van der Waals surface area (Å²) in [5, 5.41) is 3.70. The maximum atomic E-state index is 13.6. The minimum Gasteiger partial charge on any atom is -0.497 e. The van der Waals surface area contributed by atoms with Crippen molar-refractivity contribution in [3.63, 3.8) is 0 Å². The zero-order valence-electron chi connectivity index (χ0n) is 20.9. The van der Waals surface area contributed by atoms with Crippen molar-refractivity contribution in [3.8, 4) is 5.75 Å². The molecule has 0 aliphatic heterocycles. The normalized spacial score (nSPS) is 11.7. The lowest BCUT2D eigenvalue weighted by molar-refractivity contribution is -0.139. The molecule has 0 bridgehead atoms. The van der Waals surface area contributed by atoms with Crippen molar-refractivity contribution in [3.05, 3.63) is 101 Å². The highest BCUT2D eigenvalue weighted by atomic mass is 35.5. The molecule has 36 heavy (non-hydrogen) atoms. The van der Waals surface area contributed by atoms with Crippen molar-refractivity contribution >= 4 is 35.2 Å². The van der Waals surface area contributed by atoms with Crippen LogP contribution in [0.2, 0.25) is 5.02 Å². The lowest BCUT2D eigenvalue weighted by atomic mass is 10.0. The molecule has 3 aromatic carbocycles. The van der Waals surface area contributed by atoms with Crippen molar-refractivity contribution in [1.29, 1.82) is 0 Å². The van der Waals surface area contributed by atoms with Crippen LogP contribution in [-0.2, 0) is 28.3 Å². The summed E-state index contributed by atoms with van der Waals surface area (Å²) in [5.41, 5.74) is 2.99. The van der Waals surface area contributed by atoms with E-state index >= 15 is 0 Å². The monoisotopic (exact) mass is 524 g/mol. The topological polar surface area (TPSA) is 58.6 Å². The van der Waals surface area contributed by atoms with Crippen LogP contribution in [0.4, 0.5) is 0 Å². The van der Waals surface area contributed by atoms with Crippen LogP contribution in [0.15, 0.2) is 78.9 Å². The molecule has 0 fully saturated rings. The summed E-state index contributed by atoms with van der Waals surface area (Å²) in [5.74, 6) is 1.40. The molecule has 0 aliphatic rings. The maximum absolute atomic E-state index is 13.6. The Morgan fingerprint density at radius 3 is 2.31 bits per heavy atom. The summed E-state index contributed by atoms with van der Waals surface area (Å²) in [6, 6.07) is 24.4. The Kier molecular flexibility index (Phi) is 10.7. The Labute approximate surface area is 223 Å². The smallest absolute Gasteiger partial charge is 0.243 e. The van der Waals surface area contributed by atoms with E-state index in [0.29, 0.717) is 29.5 Å². The number of thioether (sulfide) groups is 1. The molecule has 0 aliphatic carbocycles. The second kappa shape index (κ2) is 14.0. The van der Waals surface area contributed by atoms with Gasteiger partial charge in [-0.1, -0.05) is 66.2 Å². The van der Waals surface area contributed by atoms with Crippen LogP contribution in [0.5, 0.6) is 5.75 Å². The first kappa shape index (κ1) is 27.6. The largest absolute Gasteiger partial charge is 0.497 e. The number of nitrogens with zero attached hydrogens (tertiary/aromatic N) is 1. The highest BCUT2D eigenvalue weighted by Crippen LogP contribution is 2.21. The molecule has 3 aromatic rings. The van der Waals surface area contributed by atoms with Gasteiger partial charge in [0.1, 0.15) is 11.8 Å². The number of amides is 2. The predicted molar refractivity (Wildman–Crippen MR) is 148 cm³/mol. The third-order valence-electron chi connectivity index (χ3n) is 5.60. The molecular formula is C29H33ClN2O3S. The van der Waals surface area contributed by atoms with E-state index in [4.69, 9.17) is 16.3 Å². The van der Waals surface area contributed by atoms with Gasteiger partial charge in [0.15, 0.2) is 0 Å². The Hall–Kier alpha value is -2.96. The lowest BCUT2D eigenvalue weighted by Crippen LogP contribution is -2.52. The number of benzene rings is 3. The second-order valence-electron chi connectivity index (χ2n) is 8.86. The molecule has 3 rings (SSSR count). The van der Waals surface area contributed by atoms with Gasteiger partial charge in [0.25, 0.3) is 0 Å². The summed E-state index contributed by atoms with van der Waals surface area (Å²) in [6.45, 7) is 4.15. The number of ether oxygens (including phenoxy) is 1. The molecule has 0 radical (unpaired) electrons. The van der Waals surface area contributed by atoms with E-state index in [-0.39, 0.29) is 23.6 Å². The molecule has 0 saturated carbocycles. The van der Waals surface area contributed by atoms with Gasteiger partial charge in [0, 0.05) is 29.8 Å². The minimum atomic E-state index is -0.648. The predicted octanol–water partition coefficient (Wildman–Crippen LogP) is 5.75. The van der Waals surface area contributed by atoms with E-state index < -0.39 is 6.04 Å². The zero-order valence-corrected chi connectivity index (χ0v) is 22.5. The van der Waals surface area contributed by atoms with Gasteiger partial charge < -0.3 is 15.0 Å². The summed E-state index contributed by atoms with van der Waals surface area (Å²) >= 11 is 7.51. The van der Waals surface area contributed by atoms with Gasteiger partial charge in [-0.15, -0.1) is 11.8 Å². The zero-order chi connectivity index (χ0) is 25.9. The number of nitrogens with one attached hydrogen (secondary N) is 1. The second-order valence-corrected chi connectivity index (χ2v) is 10.3. The number of carbonyl (C=O) groups excluding carboxylic acids is 2. The molecule has 1 N–H and O–H groups in total. The lowest BCUT2D eigenvalue weighted by Gasteiger charge is -2.32. The van der Waals surface area contributed by atoms with E-state index in [1.165, 1.54) is 11.8 Å². The Morgan fingerprint density at radius 2 is 1.64 bits per heavy atom. The molecule has 0 saturated heterocycles. The third kappa shape index (κ3) is 8.61. The standard InChI is InChI=1S/C29H33ClN2O3S/c1-21(2)31-29(34)27(17-22-8-5-4-6-9-22)32(18-24-10-7-11-26(16-24)35-3)28(33)20-36-19-23-12-14-25(30)15-13-23/h4-16,21,27H,17-20H2,1-3H3,(H,31,34)/t27-/m1/s1. The molecule has 5 nitrogen and oxygen atoms in total. The number of carbonyl (C=O) groups is 2. The molecule has 0 unspecified atom stereocenters. The van der Waals surface area contributed by atoms with Crippen LogP contribution in [0.3, 0.4) is 0 Å². The molecule has 0 aromatic heterocycles. The fourth-order valence-corrected chi connectivity index (χ4v) is 4.82. The van der Waals surface area contributed by atoms with Crippen molar-refractivity contribution in [2.75, 3.05) is 12.9 Å². The van der Waals surface area contributed by atoms with Gasteiger partial charge in [-0.25, -0.2) is 0 Å². The summed E-state index contributed by atoms with van der Waals surface area (Å²) < 4.78 is 5.38. The fraction of sp³-hybridized carbons (Fsp3) is 0.310. The van der Waals surface area contributed by atoms with Crippen molar-refractivity contribution < 1.29 is 14.3 Å². The summed E-state index contributed by atoms with van der Waals surface area (Å²) in [4.78, 5) is 28.7. The molecular weight excluding hydrogens is 492 g/mol. The number of hydrogen-bond acceptors (Lipinski definition) is 4. The minimum absolute atomic E-state index is 0.0381. The van der Waals surface area contributed by atoms with Crippen LogP contribution in [0.25, 0.3) is 0 Å². The van der Waals surface area contributed by atoms with E-state index in [9.17, 15) is 9.59 Å². The van der Waals surface area contributed by atoms with Gasteiger partial charge >= 0.3 is 0 Å². The average molecular weight is 525 g/mol. The van der Waals surface area contributed by atoms with Crippen LogP contribution in [0, 0.1) is 0 Å². The Balaban J connectivity index is 1.85. The maximum Gasteiger partial charge on any atom is 0.243 e. The van der Waals surface area contributed by atoms with Crippen molar-refractivity contribution in [2.45, 2.75) is 44.6 Å². The van der Waals surface area contributed by atoms with Crippen LogP contribution in [-0.4, -0.2) is 41.7 Å². The molecule has 2 amide bonds. The van der Waals surface area contributed by atoms with E-state index in [0.717, 1.165) is 16.7 Å². The van der Waals surface area contributed by atoms with Gasteiger partial charge in [-0.05, 0) is 54.8 Å². The van der Waals surface area contributed by atoms with Crippen LogP contribution in [0.1, 0.15) is 30.5 Å². The summed E-state index contributed by atoms with van der Waals surface area (Å²) in [7, 11) is 1.61. The Morgan fingerprint density at radius 1 is 0.944 bits per heavy atom. The number of hydrogen-bond donors (Lipinski definition) is 1. The molecule has 190 valence electrons. The Bertz CT molecular complexity index is 1120. The fourth-order valence-electron chi connectivity index (χ4n) is 3.82. The van der Waals surface area contributed by atoms with E-state index in [2.05, 4.69) is 5.32 Å². The van der Waals surface area contributed by atoms with Crippen LogP contribution >= 0.6 is 23.4 Å². The quantitative estimate of drug-likeness (QED) is 0.328. The molecule has 1 atom stereocenters. The first-order valence-electron chi connectivity index (χ1n) is 11.9. The summed E-state index contributed by atoms with van der Waals surface area (Å²) in [6.07, 6.45) is 0.428. The van der Waals surface area contributed by atoms with Crippen molar-refractivity contribution in [2.24, 2.45) is 0 Å². The number of methoxy groups -OCH3 is 1. The van der Waals surface area contributed by atoms with Crippen LogP contribution < -0.4 is 10.1 Å². The van der Waals surface area contributed by atoms with Crippen molar-refractivity contribution in [1.82, 2.24) is 10.2 Å². The van der Waals surface area contributed by atoms with Gasteiger partial charge in [0.05, 0.1) is 12.9 Å². The molecule has 0 heterocycles. The average Bonchev–Trinajstić information content (AvgIpc) is 2.87. The highest BCUT2D eigenvalue weighted by molar-refractivity contribution is 7.99.